The molecular weight excluding hydrogens is 386 g/mol. The summed E-state index contributed by atoms with van der Waals surface area (Å²) in [6.45, 7) is 9.98. The summed E-state index contributed by atoms with van der Waals surface area (Å²) in [6.07, 6.45) is 0. The Labute approximate surface area is 173 Å². The molecule has 0 saturated carbocycles. The van der Waals surface area contributed by atoms with Crippen LogP contribution in [0.5, 0.6) is 0 Å². The molecule has 6 nitrogen and oxygen atoms in total. The molecule has 3 aromatic rings. The summed E-state index contributed by atoms with van der Waals surface area (Å²) in [5.74, 6) is 0.544. The summed E-state index contributed by atoms with van der Waals surface area (Å²) >= 11 is 5.94. The van der Waals surface area contributed by atoms with Gasteiger partial charge in [-0.2, -0.15) is 0 Å². The zero-order valence-electron chi connectivity index (χ0n) is 16.4. The van der Waals surface area contributed by atoms with Crippen molar-refractivity contribution < 1.29 is 0 Å². The predicted octanol–water partition coefficient (Wildman–Crippen LogP) is 2.64. The van der Waals surface area contributed by atoms with Crippen molar-refractivity contribution in [1.82, 2.24) is 15.3 Å². The molecule has 0 aliphatic carbocycles. The van der Waals surface area contributed by atoms with Gasteiger partial charge in [-0.3, -0.25) is 4.79 Å². The van der Waals surface area contributed by atoms with Crippen molar-refractivity contribution in [1.29, 1.82) is 0 Å². The number of aromatic amines is 1. The first-order valence-electron chi connectivity index (χ1n) is 9.44. The molecular formula is C22H22ClN5O. The number of anilines is 2. The Kier molecular flexibility index (Phi) is 5.22. The maximum absolute atomic E-state index is 12.5. The molecule has 148 valence electrons. The lowest BCUT2D eigenvalue weighted by Crippen LogP contribution is -2.43. The Hall–Kier alpha value is -2.96. The van der Waals surface area contributed by atoms with Crippen LogP contribution in [0.2, 0.25) is 5.02 Å². The van der Waals surface area contributed by atoms with Crippen LogP contribution >= 0.6 is 11.6 Å². The Morgan fingerprint density at radius 3 is 2.66 bits per heavy atom. The average Bonchev–Trinajstić information content (AvgIpc) is 2.68. The minimum atomic E-state index is -0.275. The van der Waals surface area contributed by atoms with E-state index in [1.54, 1.807) is 0 Å². The lowest BCUT2D eigenvalue weighted by molar-refractivity contribution is 0.682. The maximum Gasteiger partial charge on any atom is 0.279 e. The van der Waals surface area contributed by atoms with Gasteiger partial charge in [-0.05, 0) is 54.8 Å². The van der Waals surface area contributed by atoms with E-state index in [2.05, 4.69) is 39.8 Å². The second-order valence-electron chi connectivity index (χ2n) is 7.18. The van der Waals surface area contributed by atoms with Gasteiger partial charge in [-0.1, -0.05) is 30.3 Å². The van der Waals surface area contributed by atoms with Crippen LogP contribution in [-0.2, 0) is 6.54 Å². The van der Waals surface area contributed by atoms with Gasteiger partial charge in [0, 0.05) is 24.7 Å². The zero-order valence-corrected chi connectivity index (χ0v) is 17.2. The average molecular weight is 408 g/mol. The molecule has 7 heteroatoms. The van der Waals surface area contributed by atoms with Gasteiger partial charge in [0.25, 0.3) is 5.56 Å². The van der Waals surface area contributed by atoms with Gasteiger partial charge in [0.2, 0.25) is 0 Å². The van der Waals surface area contributed by atoms with Gasteiger partial charge in [0.15, 0.2) is 11.2 Å². The molecule has 2 N–H and O–H groups in total. The van der Waals surface area contributed by atoms with Crippen molar-refractivity contribution in [3.8, 4) is 0 Å². The lowest BCUT2D eigenvalue weighted by atomic mass is 10.1. The van der Waals surface area contributed by atoms with Gasteiger partial charge in [0.1, 0.15) is 5.48 Å². The number of nitrogens with zero attached hydrogens (tertiary/aromatic N) is 3. The fourth-order valence-corrected chi connectivity index (χ4v) is 3.49. The molecule has 1 aromatic heterocycles. The number of rotatable bonds is 5. The Bertz CT molecular complexity index is 1230. The minimum Gasteiger partial charge on any atom is -0.321 e. The second-order valence-corrected chi connectivity index (χ2v) is 7.61. The molecule has 1 aliphatic rings. The van der Waals surface area contributed by atoms with Crippen LogP contribution in [0.15, 0.2) is 46.2 Å². The van der Waals surface area contributed by atoms with E-state index >= 15 is 0 Å². The third-order valence-electron chi connectivity index (χ3n) is 5.05. The molecule has 2 aromatic carbocycles. The second kappa shape index (κ2) is 7.81. The summed E-state index contributed by atoms with van der Waals surface area (Å²) in [7, 11) is 0. The standard InChI is InChI=1S/C22H22ClN5O/c1-13-10-18-19(11-14(13)2)28(21-20(27-18)22(29)26-15(3)25-21)9-8-24-12-16-4-6-17(23)7-5-16/h4-7,10-11,24H,3,8-9,12H2,1-2H3,(H,26,29). The van der Waals surface area contributed by atoms with Crippen molar-refractivity contribution in [3.05, 3.63) is 79.3 Å². The first-order chi connectivity index (χ1) is 13.9. The number of H-pyrrole nitrogens is 1. The Morgan fingerprint density at radius 2 is 1.90 bits per heavy atom. The summed E-state index contributed by atoms with van der Waals surface area (Å²) in [4.78, 5) is 26.2. The quantitative estimate of drug-likeness (QED) is 0.638. The van der Waals surface area contributed by atoms with Gasteiger partial charge in [-0.25, -0.2) is 9.98 Å². The molecule has 0 bridgehead atoms. The summed E-state index contributed by atoms with van der Waals surface area (Å²) in [6, 6.07) is 11.9. The molecule has 2 heterocycles. The number of halogens is 1. The largest absolute Gasteiger partial charge is 0.321 e. The van der Waals surface area contributed by atoms with Gasteiger partial charge < -0.3 is 15.2 Å². The topological polar surface area (TPSA) is 73.4 Å². The highest BCUT2D eigenvalue weighted by Gasteiger charge is 2.23. The molecule has 0 radical (unpaired) electrons. The van der Waals surface area contributed by atoms with E-state index in [-0.39, 0.29) is 5.56 Å². The summed E-state index contributed by atoms with van der Waals surface area (Å²) in [5, 5.41) is 4.49. The van der Waals surface area contributed by atoms with Crippen LogP contribution < -0.4 is 26.6 Å². The summed E-state index contributed by atoms with van der Waals surface area (Å²) in [5.41, 5.74) is 5.24. The molecule has 0 saturated heterocycles. The number of nitrogens with one attached hydrogen (secondary N) is 2. The van der Waals surface area contributed by atoms with E-state index in [0.717, 1.165) is 34.1 Å². The van der Waals surface area contributed by atoms with Crippen LogP contribution in [0.1, 0.15) is 16.7 Å². The van der Waals surface area contributed by atoms with Crippen LogP contribution in [0.25, 0.3) is 6.58 Å². The highest BCUT2D eigenvalue weighted by atomic mass is 35.5. The molecule has 0 atom stereocenters. The van der Waals surface area contributed by atoms with E-state index in [4.69, 9.17) is 11.6 Å². The third-order valence-corrected chi connectivity index (χ3v) is 5.30. The van der Waals surface area contributed by atoms with Crippen molar-refractivity contribution in [2.45, 2.75) is 20.4 Å². The normalized spacial score (nSPS) is 12.3. The first kappa shape index (κ1) is 19.4. The number of aromatic nitrogens is 2. The zero-order chi connectivity index (χ0) is 20.5. The van der Waals surface area contributed by atoms with Gasteiger partial charge in [0.05, 0.1) is 11.4 Å². The Balaban J connectivity index is 1.63. The first-order valence-corrected chi connectivity index (χ1v) is 9.82. The van der Waals surface area contributed by atoms with Crippen molar-refractivity contribution in [2.24, 2.45) is 4.99 Å². The van der Waals surface area contributed by atoms with E-state index in [1.807, 2.05) is 42.2 Å². The van der Waals surface area contributed by atoms with Gasteiger partial charge in [-0.15, -0.1) is 0 Å². The van der Waals surface area contributed by atoms with E-state index < -0.39 is 0 Å². The van der Waals surface area contributed by atoms with Crippen LogP contribution in [0.3, 0.4) is 0 Å². The van der Waals surface area contributed by atoms with Crippen molar-refractivity contribution in [3.63, 3.8) is 0 Å². The number of fused-ring (bicyclic) bond motifs is 2. The maximum atomic E-state index is 12.5. The smallest absolute Gasteiger partial charge is 0.279 e. The molecule has 0 spiro atoms. The van der Waals surface area contributed by atoms with E-state index in [1.165, 1.54) is 5.56 Å². The van der Waals surface area contributed by atoms with Crippen LogP contribution in [0.4, 0.5) is 17.2 Å². The van der Waals surface area contributed by atoms with E-state index in [9.17, 15) is 4.79 Å². The highest BCUT2D eigenvalue weighted by Crippen LogP contribution is 2.36. The third kappa shape index (κ3) is 3.95. The van der Waals surface area contributed by atoms with E-state index in [0.29, 0.717) is 29.7 Å². The molecule has 0 amide bonds. The molecule has 29 heavy (non-hydrogen) atoms. The van der Waals surface area contributed by atoms with Crippen molar-refractivity contribution >= 4 is 35.4 Å². The molecule has 1 aliphatic heterocycles. The van der Waals surface area contributed by atoms with Crippen LogP contribution in [0, 0.1) is 13.8 Å². The number of aryl methyl sites for hydroxylation is 2. The molecule has 0 fully saturated rings. The van der Waals surface area contributed by atoms with Crippen LogP contribution in [-0.4, -0.2) is 23.1 Å². The fourth-order valence-electron chi connectivity index (χ4n) is 3.37. The molecule has 0 unspecified atom stereocenters. The highest BCUT2D eigenvalue weighted by molar-refractivity contribution is 6.30. The van der Waals surface area contributed by atoms with Gasteiger partial charge >= 0.3 is 0 Å². The number of hydrogen-bond donors (Lipinski definition) is 2. The SMILES string of the molecule is C=c1nc2c(c(=O)[nH]1)=Nc1cc(C)c(C)cc1N2CCNCc1ccc(Cl)cc1. The molecule has 4 rings (SSSR count). The monoisotopic (exact) mass is 407 g/mol. The number of hydrogen-bond acceptors (Lipinski definition) is 5. The summed E-state index contributed by atoms with van der Waals surface area (Å²) < 4.78 is 0. The van der Waals surface area contributed by atoms with Crippen molar-refractivity contribution in [2.75, 3.05) is 18.0 Å². The minimum absolute atomic E-state index is 0.275. The fraction of sp³-hybridized carbons (Fsp3) is 0.227. The number of benzene rings is 2. The lowest BCUT2D eigenvalue weighted by Gasteiger charge is -2.28. The predicted molar refractivity (Wildman–Crippen MR) is 117 cm³/mol. The Morgan fingerprint density at radius 1 is 1.17 bits per heavy atom.